The van der Waals surface area contributed by atoms with Crippen molar-refractivity contribution < 1.29 is 5.02 Å². The molecule has 0 aliphatic heterocycles. The van der Waals surface area contributed by atoms with Gasteiger partial charge in [0.1, 0.15) is 0 Å². The molecule has 0 fully saturated rings. The number of allylic oxidation sites excluding steroid dienone is 1. The molecule has 0 spiro atoms. The summed E-state index contributed by atoms with van der Waals surface area (Å²) in [7, 11) is 3.70. The highest BCUT2D eigenvalue weighted by atomic mass is 16.2. The molecule has 0 aliphatic rings. The monoisotopic (exact) mass is 154 g/mol. The molecule has 0 radical (unpaired) electrons. The molecule has 0 unspecified atom stereocenters. The second-order valence-corrected chi connectivity index (χ2v) is 2.82. The highest BCUT2D eigenvalue weighted by molar-refractivity contribution is 6.57. The van der Waals surface area contributed by atoms with Crippen molar-refractivity contribution in [2.75, 3.05) is 14.1 Å². The molecule has 4 heteroatoms. The van der Waals surface area contributed by atoms with E-state index in [1.165, 1.54) is 0 Å². The van der Waals surface area contributed by atoms with Crippen LogP contribution in [0.5, 0.6) is 0 Å². The second-order valence-electron chi connectivity index (χ2n) is 2.82. The fraction of sp³-hybridized carbons (Fsp3) is 0.571. The predicted molar refractivity (Wildman–Crippen MR) is 49.0 cm³/mol. The third-order valence-corrected chi connectivity index (χ3v) is 1.31. The van der Waals surface area contributed by atoms with Crippen LogP contribution >= 0.6 is 0 Å². The van der Waals surface area contributed by atoms with E-state index in [0.717, 1.165) is 5.60 Å². The lowest BCUT2D eigenvalue weighted by Crippen LogP contribution is -2.25. The summed E-state index contributed by atoms with van der Waals surface area (Å²) in [5, 5.41) is 16.4. The van der Waals surface area contributed by atoms with Gasteiger partial charge in [0.2, 0.25) is 0 Å². The first-order chi connectivity index (χ1) is 4.95. The Morgan fingerprint density at radius 1 is 1.55 bits per heavy atom. The summed E-state index contributed by atoms with van der Waals surface area (Å²) in [5.41, 5.74) is 1.21. The molecule has 11 heavy (non-hydrogen) atoms. The van der Waals surface area contributed by atoms with E-state index in [1.807, 2.05) is 19.0 Å². The van der Waals surface area contributed by atoms with Gasteiger partial charge in [-0.3, -0.25) is 0 Å². The van der Waals surface area contributed by atoms with E-state index >= 15 is 0 Å². The van der Waals surface area contributed by atoms with Crippen LogP contribution in [0.1, 0.15) is 6.92 Å². The standard InChI is InChI=1S/C7H15BN2O/c1-6(9)5-7(8(2)11)10(3)4/h5,9,11H,1-4H3/b7-5-,9-6?. The highest BCUT2D eigenvalue weighted by Gasteiger charge is 2.11. The molecule has 0 saturated heterocycles. The smallest absolute Gasteiger partial charge is 0.337 e. The maximum Gasteiger partial charge on any atom is 0.337 e. The third kappa shape index (κ3) is 3.83. The molecular weight excluding hydrogens is 139 g/mol. The first-order valence-electron chi connectivity index (χ1n) is 3.57. The zero-order chi connectivity index (χ0) is 9.02. The van der Waals surface area contributed by atoms with Crippen molar-refractivity contribution in [3.05, 3.63) is 11.7 Å². The maximum absolute atomic E-state index is 9.22. The van der Waals surface area contributed by atoms with Crippen LogP contribution in [0, 0.1) is 5.41 Å². The van der Waals surface area contributed by atoms with Gasteiger partial charge in [0.25, 0.3) is 0 Å². The van der Waals surface area contributed by atoms with Crippen LogP contribution in [0.2, 0.25) is 6.82 Å². The fourth-order valence-corrected chi connectivity index (χ4v) is 0.845. The molecule has 0 amide bonds. The minimum atomic E-state index is -0.509. The number of nitrogens with zero attached hydrogens (tertiary/aromatic N) is 1. The quantitative estimate of drug-likeness (QED) is 0.462. The molecular formula is C7H15BN2O. The molecule has 0 aromatic carbocycles. The number of nitrogens with one attached hydrogen (secondary N) is 1. The van der Waals surface area contributed by atoms with Crippen LogP contribution in [-0.4, -0.2) is 36.6 Å². The molecule has 62 valence electrons. The zero-order valence-corrected chi connectivity index (χ0v) is 7.55. The largest absolute Gasteiger partial charge is 0.446 e. The van der Waals surface area contributed by atoms with Gasteiger partial charge < -0.3 is 15.3 Å². The Balaban J connectivity index is 4.46. The summed E-state index contributed by atoms with van der Waals surface area (Å²) in [6, 6.07) is 0. The van der Waals surface area contributed by atoms with E-state index in [9.17, 15) is 5.02 Å². The summed E-state index contributed by atoms with van der Waals surface area (Å²) in [6.07, 6.45) is 1.66. The van der Waals surface area contributed by atoms with Gasteiger partial charge in [-0.1, -0.05) is 6.82 Å². The van der Waals surface area contributed by atoms with Crippen molar-refractivity contribution in [2.45, 2.75) is 13.7 Å². The van der Waals surface area contributed by atoms with Gasteiger partial charge in [-0.15, -0.1) is 0 Å². The second kappa shape index (κ2) is 4.18. The normalized spacial score (nSPS) is 11.2. The summed E-state index contributed by atoms with van der Waals surface area (Å²) < 4.78 is 0. The summed E-state index contributed by atoms with van der Waals surface area (Å²) in [5.74, 6) is 0. The molecule has 0 atom stereocenters. The van der Waals surface area contributed by atoms with Gasteiger partial charge in [-0.25, -0.2) is 0 Å². The summed E-state index contributed by atoms with van der Waals surface area (Å²) >= 11 is 0. The number of rotatable bonds is 3. The molecule has 0 heterocycles. The van der Waals surface area contributed by atoms with Crippen molar-refractivity contribution in [1.82, 2.24) is 4.90 Å². The first-order valence-corrected chi connectivity index (χ1v) is 3.57. The lowest BCUT2D eigenvalue weighted by Gasteiger charge is -2.17. The van der Waals surface area contributed by atoms with Crippen molar-refractivity contribution >= 4 is 12.6 Å². The van der Waals surface area contributed by atoms with E-state index in [-0.39, 0.29) is 0 Å². The van der Waals surface area contributed by atoms with E-state index in [0.29, 0.717) is 5.71 Å². The molecule has 2 N–H and O–H groups in total. The maximum atomic E-state index is 9.22. The lowest BCUT2D eigenvalue weighted by molar-refractivity contribution is 0.503. The molecule has 3 nitrogen and oxygen atoms in total. The average molecular weight is 154 g/mol. The zero-order valence-electron chi connectivity index (χ0n) is 7.55. The van der Waals surface area contributed by atoms with Gasteiger partial charge in [-0.05, 0) is 13.0 Å². The molecule has 0 aromatic rings. The van der Waals surface area contributed by atoms with Crippen LogP contribution < -0.4 is 0 Å². The Morgan fingerprint density at radius 2 is 2.00 bits per heavy atom. The minimum absolute atomic E-state index is 0.453. The van der Waals surface area contributed by atoms with Crippen molar-refractivity contribution in [1.29, 1.82) is 5.41 Å². The van der Waals surface area contributed by atoms with E-state index < -0.39 is 6.92 Å². The van der Waals surface area contributed by atoms with Gasteiger partial charge in [0.05, 0.1) is 0 Å². The third-order valence-electron chi connectivity index (χ3n) is 1.31. The van der Waals surface area contributed by atoms with Crippen LogP contribution in [-0.2, 0) is 0 Å². The first kappa shape index (κ1) is 10.2. The van der Waals surface area contributed by atoms with Crippen molar-refractivity contribution in [3.63, 3.8) is 0 Å². The SMILES string of the molecule is CB(O)/C(=C/C(C)=N)N(C)C. The molecule has 0 aliphatic carbocycles. The van der Waals surface area contributed by atoms with Crippen molar-refractivity contribution in [2.24, 2.45) is 0 Å². The Labute approximate surface area is 68.3 Å². The van der Waals surface area contributed by atoms with E-state index in [2.05, 4.69) is 0 Å². The molecule has 0 saturated carbocycles. The van der Waals surface area contributed by atoms with Gasteiger partial charge in [-0.2, -0.15) is 0 Å². The van der Waals surface area contributed by atoms with Gasteiger partial charge >= 0.3 is 6.92 Å². The lowest BCUT2D eigenvalue weighted by atomic mass is 9.67. The Morgan fingerprint density at radius 3 is 2.09 bits per heavy atom. The van der Waals surface area contributed by atoms with Crippen LogP contribution in [0.3, 0.4) is 0 Å². The van der Waals surface area contributed by atoms with E-state index in [4.69, 9.17) is 5.41 Å². The molecule has 0 bridgehead atoms. The topological polar surface area (TPSA) is 47.3 Å². The van der Waals surface area contributed by atoms with Crippen LogP contribution in [0.25, 0.3) is 0 Å². The summed E-state index contributed by atoms with van der Waals surface area (Å²) in [6.45, 7) is 2.87. The Hall–Kier alpha value is -0.765. The molecule has 0 aromatic heterocycles. The van der Waals surface area contributed by atoms with Gasteiger partial charge in [0.15, 0.2) is 0 Å². The van der Waals surface area contributed by atoms with Crippen LogP contribution in [0.15, 0.2) is 11.7 Å². The number of hydrogen-bond donors (Lipinski definition) is 2. The van der Waals surface area contributed by atoms with E-state index in [1.54, 1.807) is 19.8 Å². The summed E-state index contributed by atoms with van der Waals surface area (Å²) in [4.78, 5) is 1.81. The van der Waals surface area contributed by atoms with Crippen LogP contribution in [0.4, 0.5) is 0 Å². The highest BCUT2D eigenvalue weighted by Crippen LogP contribution is 2.01. The predicted octanol–water partition coefficient (Wildman–Crippen LogP) is 0.624. The fourth-order valence-electron chi connectivity index (χ4n) is 0.845. The minimum Gasteiger partial charge on any atom is -0.446 e. The Kier molecular flexibility index (Phi) is 3.89. The molecule has 0 rings (SSSR count). The van der Waals surface area contributed by atoms with Crippen molar-refractivity contribution in [3.8, 4) is 0 Å². The average Bonchev–Trinajstić information content (AvgIpc) is 1.81. The number of hydrogen-bond acceptors (Lipinski definition) is 3. The Bertz CT molecular complexity index is 165. The van der Waals surface area contributed by atoms with Gasteiger partial charge in [0, 0.05) is 25.4 Å².